The van der Waals surface area contributed by atoms with E-state index in [4.69, 9.17) is 0 Å². The van der Waals surface area contributed by atoms with Crippen molar-refractivity contribution in [3.8, 4) is 22.5 Å². The van der Waals surface area contributed by atoms with E-state index in [2.05, 4.69) is 15.0 Å². The van der Waals surface area contributed by atoms with Crippen molar-refractivity contribution in [1.29, 1.82) is 0 Å². The van der Waals surface area contributed by atoms with E-state index in [0.29, 0.717) is 33.4 Å². The van der Waals surface area contributed by atoms with Gasteiger partial charge in [0.15, 0.2) is 0 Å². The van der Waals surface area contributed by atoms with Crippen molar-refractivity contribution in [1.82, 2.24) is 15.0 Å². The van der Waals surface area contributed by atoms with E-state index in [-0.39, 0.29) is 5.56 Å². The predicted molar refractivity (Wildman–Crippen MR) is 110 cm³/mol. The summed E-state index contributed by atoms with van der Waals surface area (Å²) >= 11 is 0. The lowest BCUT2D eigenvalue weighted by Gasteiger charge is -2.10. The Morgan fingerprint density at radius 3 is 2.37 bits per heavy atom. The number of fused-ring (bicyclic) bond motifs is 2. The van der Waals surface area contributed by atoms with Gasteiger partial charge < -0.3 is 9.97 Å². The molecule has 0 radical (unpaired) electrons. The van der Waals surface area contributed by atoms with Crippen molar-refractivity contribution in [2.75, 3.05) is 0 Å². The maximum atomic E-state index is 13.1. The summed E-state index contributed by atoms with van der Waals surface area (Å²) in [5, 5.41) is 0.694. The molecule has 3 aromatic carbocycles. The zero-order valence-electron chi connectivity index (χ0n) is 15.4. The second kappa shape index (κ2) is 6.59. The largest absolute Gasteiger partial charge is 0.416 e. The highest BCUT2D eigenvalue weighted by molar-refractivity contribution is 5.88. The molecule has 0 aliphatic carbocycles. The van der Waals surface area contributed by atoms with Crippen molar-refractivity contribution in [3.63, 3.8) is 0 Å². The fourth-order valence-electron chi connectivity index (χ4n) is 3.52. The highest BCUT2D eigenvalue weighted by Crippen LogP contribution is 2.33. The Morgan fingerprint density at radius 2 is 1.57 bits per heavy atom. The van der Waals surface area contributed by atoms with Gasteiger partial charge in [-0.15, -0.1) is 0 Å². The van der Waals surface area contributed by atoms with Crippen LogP contribution >= 0.6 is 0 Å². The number of nitrogens with one attached hydrogen (secondary N) is 2. The van der Waals surface area contributed by atoms with Gasteiger partial charge in [-0.1, -0.05) is 30.3 Å². The molecule has 0 fully saturated rings. The van der Waals surface area contributed by atoms with Crippen LogP contribution in [-0.2, 0) is 6.18 Å². The summed E-state index contributed by atoms with van der Waals surface area (Å²) in [7, 11) is 0. The van der Waals surface area contributed by atoms with E-state index in [0.717, 1.165) is 23.2 Å². The molecule has 2 heterocycles. The molecule has 7 heteroatoms. The van der Waals surface area contributed by atoms with Gasteiger partial charge in [-0.3, -0.25) is 4.79 Å². The van der Waals surface area contributed by atoms with E-state index in [1.54, 1.807) is 30.3 Å². The molecular weight excluding hydrogens is 391 g/mol. The zero-order valence-corrected chi connectivity index (χ0v) is 15.4. The summed E-state index contributed by atoms with van der Waals surface area (Å²) in [5.74, 6) is 0.434. The molecule has 0 saturated heterocycles. The molecule has 0 unspecified atom stereocenters. The Kier molecular flexibility index (Phi) is 3.99. The first-order valence-electron chi connectivity index (χ1n) is 9.18. The maximum absolute atomic E-state index is 13.1. The Morgan fingerprint density at radius 1 is 0.767 bits per heavy atom. The highest BCUT2D eigenvalue weighted by atomic mass is 19.4. The summed E-state index contributed by atoms with van der Waals surface area (Å²) in [6, 6.07) is 19.4. The van der Waals surface area contributed by atoms with E-state index in [1.165, 1.54) is 6.07 Å². The summed E-state index contributed by atoms with van der Waals surface area (Å²) in [6.45, 7) is 0. The van der Waals surface area contributed by atoms with Crippen molar-refractivity contribution >= 4 is 21.9 Å². The number of aromatic amines is 2. The number of imidazole rings is 1. The van der Waals surface area contributed by atoms with Gasteiger partial charge in [-0.25, -0.2) is 4.98 Å². The minimum atomic E-state index is -4.41. The normalized spacial score (nSPS) is 12.0. The van der Waals surface area contributed by atoms with Crippen molar-refractivity contribution in [3.05, 3.63) is 88.7 Å². The maximum Gasteiger partial charge on any atom is 0.416 e. The van der Waals surface area contributed by atoms with Crippen molar-refractivity contribution in [2.24, 2.45) is 0 Å². The summed E-state index contributed by atoms with van der Waals surface area (Å²) in [6.07, 6.45) is -4.41. The number of hydrogen-bond acceptors (Lipinski definition) is 2. The smallest absolute Gasteiger partial charge is 0.338 e. The topological polar surface area (TPSA) is 61.5 Å². The average molecular weight is 405 g/mol. The first-order valence-corrected chi connectivity index (χ1v) is 9.18. The Labute approximate surface area is 168 Å². The van der Waals surface area contributed by atoms with Crippen molar-refractivity contribution < 1.29 is 13.2 Å². The Balaban J connectivity index is 1.64. The molecule has 0 atom stereocenters. The molecule has 0 saturated carbocycles. The number of nitrogens with zero attached hydrogens (tertiary/aromatic N) is 1. The fraction of sp³-hybridized carbons (Fsp3) is 0.0435. The van der Waals surface area contributed by atoms with Crippen LogP contribution in [0.4, 0.5) is 13.2 Å². The standard InChI is InChI=1S/C23H14F3N3O/c24-23(25,26)16-5-3-4-13(11-16)14-8-9-18-15(10-14)12-17(22(30)29-18)21-27-19-6-1-2-7-20(19)28-21/h1-12H,(H,27,28)(H,29,30). The van der Waals surface area contributed by atoms with Crippen LogP contribution in [0, 0.1) is 0 Å². The summed E-state index contributed by atoms with van der Waals surface area (Å²) in [4.78, 5) is 23.0. The number of para-hydroxylation sites is 2. The first kappa shape index (κ1) is 18.2. The number of H-pyrrole nitrogens is 2. The van der Waals surface area contributed by atoms with E-state index in [9.17, 15) is 18.0 Å². The van der Waals surface area contributed by atoms with Gasteiger partial charge in [0.2, 0.25) is 0 Å². The van der Waals surface area contributed by atoms with Gasteiger partial charge in [0, 0.05) is 5.52 Å². The van der Waals surface area contributed by atoms with Crippen LogP contribution in [0.5, 0.6) is 0 Å². The van der Waals surface area contributed by atoms with Crippen LogP contribution in [-0.4, -0.2) is 15.0 Å². The molecule has 2 N–H and O–H groups in total. The molecule has 5 aromatic rings. The lowest BCUT2D eigenvalue weighted by atomic mass is 10.0. The number of benzene rings is 3. The number of halogens is 3. The van der Waals surface area contributed by atoms with Gasteiger partial charge in [0.25, 0.3) is 5.56 Å². The molecular formula is C23H14F3N3O. The summed E-state index contributed by atoms with van der Waals surface area (Å²) in [5.41, 5.74) is 2.57. The minimum Gasteiger partial charge on any atom is -0.338 e. The van der Waals surface area contributed by atoms with E-state index in [1.807, 2.05) is 24.3 Å². The third-order valence-corrected chi connectivity index (χ3v) is 5.01. The number of aromatic nitrogens is 3. The molecule has 5 rings (SSSR count). The predicted octanol–water partition coefficient (Wildman–Crippen LogP) is 5.76. The fourth-order valence-corrected chi connectivity index (χ4v) is 3.52. The Bertz CT molecular complexity index is 1430. The first-order chi connectivity index (χ1) is 14.4. The number of hydrogen-bond donors (Lipinski definition) is 2. The van der Waals surface area contributed by atoms with Gasteiger partial charge in [0.1, 0.15) is 5.82 Å². The quantitative estimate of drug-likeness (QED) is 0.392. The molecule has 2 aromatic heterocycles. The number of rotatable bonds is 2. The zero-order chi connectivity index (χ0) is 20.9. The van der Waals surface area contributed by atoms with Crippen LogP contribution in [0.25, 0.3) is 44.5 Å². The molecule has 0 aliphatic heterocycles. The Hall–Kier alpha value is -3.87. The van der Waals surface area contributed by atoms with Crippen LogP contribution in [0.1, 0.15) is 5.56 Å². The lowest BCUT2D eigenvalue weighted by Crippen LogP contribution is -2.09. The number of alkyl halides is 3. The molecule has 148 valence electrons. The van der Waals surface area contributed by atoms with Crippen LogP contribution in [0.3, 0.4) is 0 Å². The molecule has 0 aliphatic rings. The molecule has 0 bridgehead atoms. The molecule has 0 spiro atoms. The van der Waals surface area contributed by atoms with Crippen LogP contribution < -0.4 is 5.56 Å². The third kappa shape index (κ3) is 3.14. The second-order valence-electron chi connectivity index (χ2n) is 7.00. The minimum absolute atomic E-state index is 0.298. The number of pyridine rings is 1. The van der Waals surface area contributed by atoms with Gasteiger partial charge in [-0.05, 0) is 59.0 Å². The van der Waals surface area contributed by atoms with E-state index < -0.39 is 11.7 Å². The molecule has 30 heavy (non-hydrogen) atoms. The lowest BCUT2D eigenvalue weighted by molar-refractivity contribution is -0.137. The van der Waals surface area contributed by atoms with Crippen LogP contribution in [0.15, 0.2) is 77.6 Å². The third-order valence-electron chi connectivity index (χ3n) is 5.01. The monoisotopic (exact) mass is 405 g/mol. The van der Waals surface area contributed by atoms with Gasteiger partial charge in [0.05, 0.1) is 22.2 Å². The summed E-state index contributed by atoms with van der Waals surface area (Å²) < 4.78 is 39.2. The van der Waals surface area contributed by atoms with Gasteiger partial charge >= 0.3 is 6.18 Å². The SMILES string of the molecule is O=c1[nH]c2ccc(-c3cccc(C(F)(F)F)c3)cc2cc1-c1nc2ccccc2[nH]1. The van der Waals surface area contributed by atoms with E-state index >= 15 is 0 Å². The van der Waals surface area contributed by atoms with Crippen LogP contribution in [0.2, 0.25) is 0 Å². The van der Waals surface area contributed by atoms with Crippen molar-refractivity contribution in [2.45, 2.75) is 6.18 Å². The van der Waals surface area contributed by atoms with Gasteiger partial charge in [-0.2, -0.15) is 13.2 Å². The molecule has 0 amide bonds. The second-order valence-corrected chi connectivity index (χ2v) is 7.00. The molecule has 4 nitrogen and oxygen atoms in total. The average Bonchev–Trinajstić information content (AvgIpc) is 3.16. The highest BCUT2D eigenvalue weighted by Gasteiger charge is 2.30.